The third kappa shape index (κ3) is 5.21. The van der Waals surface area contributed by atoms with E-state index in [9.17, 15) is 8.78 Å². The molecule has 0 aromatic heterocycles. The van der Waals surface area contributed by atoms with Crippen molar-refractivity contribution in [2.24, 2.45) is 5.92 Å². The summed E-state index contributed by atoms with van der Waals surface area (Å²) in [6.07, 6.45) is 5.59. The molecular weight excluding hydrogens is 214 g/mol. The molecule has 1 N–H and O–H groups in total. The molecule has 0 aliphatic heterocycles. The van der Waals surface area contributed by atoms with Crippen molar-refractivity contribution in [3.8, 4) is 0 Å². The van der Waals surface area contributed by atoms with E-state index < -0.39 is 12.0 Å². The SMILES string of the molecule is CC(F)(F)C(O)COCCC1CCCCC1. The van der Waals surface area contributed by atoms with Gasteiger partial charge in [0, 0.05) is 13.5 Å². The molecule has 0 aromatic carbocycles. The minimum atomic E-state index is -3.06. The van der Waals surface area contributed by atoms with Crippen molar-refractivity contribution in [3.05, 3.63) is 0 Å². The Kier molecular flexibility index (Phi) is 5.62. The molecule has 0 radical (unpaired) electrons. The van der Waals surface area contributed by atoms with E-state index in [-0.39, 0.29) is 6.61 Å². The zero-order valence-electron chi connectivity index (χ0n) is 9.92. The molecule has 0 aromatic rings. The van der Waals surface area contributed by atoms with Crippen LogP contribution in [0.1, 0.15) is 45.4 Å². The number of halogens is 2. The molecule has 4 heteroatoms. The predicted octanol–water partition coefficient (Wildman–Crippen LogP) is 2.99. The van der Waals surface area contributed by atoms with Gasteiger partial charge >= 0.3 is 0 Å². The predicted molar refractivity (Wildman–Crippen MR) is 58.6 cm³/mol. The van der Waals surface area contributed by atoms with Gasteiger partial charge in [-0.3, -0.25) is 0 Å². The van der Waals surface area contributed by atoms with Crippen LogP contribution in [0.25, 0.3) is 0 Å². The quantitative estimate of drug-likeness (QED) is 0.718. The van der Waals surface area contributed by atoms with Crippen LogP contribution >= 0.6 is 0 Å². The highest BCUT2D eigenvalue weighted by molar-refractivity contribution is 4.70. The Bertz CT molecular complexity index is 186. The molecule has 0 spiro atoms. The molecule has 2 nitrogen and oxygen atoms in total. The molecule has 16 heavy (non-hydrogen) atoms. The van der Waals surface area contributed by atoms with Gasteiger partial charge in [0.1, 0.15) is 6.10 Å². The second-order valence-corrected chi connectivity index (χ2v) is 4.84. The topological polar surface area (TPSA) is 29.5 Å². The van der Waals surface area contributed by atoms with Crippen LogP contribution in [0.5, 0.6) is 0 Å². The van der Waals surface area contributed by atoms with Crippen LogP contribution in [0.4, 0.5) is 8.78 Å². The van der Waals surface area contributed by atoms with E-state index in [1.807, 2.05) is 0 Å². The van der Waals surface area contributed by atoms with E-state index in [2.05, 4.69) is 0 Å². The van der Waals surface area contributed by atoms with Crippen LogP contribution in [-0.4, -0.2) is 30.3 Å². The van der Waals surface area contributed by atoms with Gasteiger partial charge < -0.3 is 9.84 Å². The van der Waals surface area contributed by atoms with Crippen molar-refractivity contribution in [1.29, 1.82) is 0 Å². The van der Waals surface area contributed by atoms with Crippen LogP contribution < -0.4 is 0 Å². The summed E-state index contributed by atoms with van der Waals surface area (Å²) in [6.45, 7) is 0.927. The monoisotopic (exact) mass is 236 g/mol. The van der Waals surface area contributed by atoms with Crippen LogP contribution in [0, 0.1) is 5.92 Å². The molecule has 1 saturated carbocycles. The molecule has 1 atom stereocenters. The van der Waals surface area contributed by atoms with Crippen molar-refractivity contribution < 1.29 is 18.6 Å². The van der Waals surface area contributed by atoms with Crippen LogP contribution in [0.2, 0.25) is 0 Å². The Morgan fingerprint density at radius 3 is 2.50 bits per heavy atom. The summed E-state index contributed by atoms with van der Waals surface area (Å²) in [5.74, 6) is -2.38. The Hall–Kier alpha value is -0.220. The third-order valence-corrected chi connectivity index (χ3v) is 3.26. The van der Waals surface area contributed by atoms with Crippen molar-refractivity contribution in [3.63, 3.8) is 0 Å². The summed E-state index contributed by atoms with van der Waals surface area (Å²) < 4.78 is 30.2. The Morgan fingerprint density at radius 2 is 1.94 bits per heavy atom. The molecule has 1 aliphatic carbocycles. The van der Waals surface area contributed by atoms with Gasteiger partial charge in [-0.1, -0.05) is 32.1 Å². The van der Waals surface area contributed by atoms with E-state index in [0.717, 1.165) is 6.42 Å². The summed E-state index contributed by atoms with van der Waals surface area (Å²) in [7, 11) is 0. The Labute approximate surface area is 96.0 Å². The first-order chi connectivity index (χ1) is 7.50. The maximum atomic E-state index is 12.6. The fraction of sp³-hybridized carbons (Fsp3) is 1.00. The van der Waals surface area contributed by atoms with Gasteiger partial charge in [0.15, 0.2) is 0 Å². The van der Waals surface area contributed by atoms with E-state index in [1.165, 1.54) is 32.1 Å². The molecule has 1 rings (SSSR count). The average Bonchev–Trinajstić information content (AvgIpc) is 2.24. The smallest absolute Gasteiger partial charge is 0.272 e. The molecule has 0 heterocycles. The lowest BCUT2D eigenvalue weighted by atomic mass is 9.87. The molecular formula is C12H22F2O2. The first kappa shape index (κ1) is 13.8. The molecule has 1 fully saturated rings. The summed E-state index contributed by atoms with van der Waals surface area (Å²) in [5, 5.41) is 9.05. The fourth-order valence-electron chi connectivity index (χ4n) is 2.07. The molecule has 1 aliphatic rings. The summed E-state index contributed by atoms with van der Waals surface area (Å²) >= 11 is 0. The van der Waals surface area contributed by atoms with Gasteiger partial charge in [-0.2, -0.15) is 0 Å². The molecule has 0 bridgehead atoms. The van der Waals surface area contributed by atoms with Gasteiger partial charge in [0.2, 0.25) is 0 Å². The maximum absolute atomic E-state index is 12.6. The minimum absolute atomic E-state index is 0.268. The molecule has 0 saturated heterocycles. The van der Waals surface area contributed by atoms with E-state index in [1.54, 1.807) is 0 Å². The second-order valence-electron chi connectivity index (χ2n) is 4.84. The van der Waals surface area contributed by atoms with Crippen molar-refractivity contribution in [1.82, 2.24) is 0 Å². The molecule has 1 unspecified atom stereocenters. The first-order valence-electron chi connectivity index (χ1n) is 6.14. The highest BCUT2D eigenvalue weighted by Gasteiger charge is 2.32. The maximum Gasteiger partial charge on any atom is 0.272 e. The van der Waals surface area contributed by atoms with Crippen LogP contribution in [-0.2, 0) is 4.74 Å². The Balaban J connectivity index is 2.02. The summed E-state index contributed by atoms with van der Waals surface area (Å²) in [6, 6.07) is 0. The van der Waals surface area contributed by atoms with Crippen molar-refractivity contribution in [2.45, 2.75) is 57.5 Å². The summed E-state index contributed by atoms with van der Waals surface area (Å²) in [4.78, 5) is 0. The Morgan fingerprint density at radius 1 is 1.31 bits per heavy atom. The van der Waals surface area contributed by atoms with Gasteiger partial charge in [0.05, 0.1) is 6.61 Å². The second kappa shape index (κ2) is 6.50. The van der Waals surface area contributed by atoms with Crippen molar-refractivity contribution >= 4 is 0 Å². The van der Waals surface area contributed by atoms with E-state index in [0.29, 0.717) is 19.4 Å². The normalized spacial score (nSPS) is 21.0. The van der Waals surface area contributed by atoms with Gasteiger partial charge in [-0.05, 0) is 12.3 Å². The van der Waals surface area contributed by atoms with Crippen molar-refractivity contribution in [2.75, 3.05) is 13.2 Å². The van der Waals surface area contributed by atoms with Crippen LogP contribution in [0.15, 0.2) is 0 Å². The number of hydrogen-bond acceptors (Lipinski definition) is 2. The van der Waals surface area contributed by atoms with E-state index in [4.69, 9.17) is 9.84 Å². The minimum Gasteiger partial charge on any atom is -0.384 e. The number of aliphatic hydroxyl groups is 1. The molecule has 0 amide bonds. The molecule has 96 valence electrons. The lowest BCUT2D eigenvalue weighted by Crippen LogP contribution is -2.34. The first-order valence-corrected chi connectivity index (χ1v) is 6.14. The average molecular weight is 236 g/mol. The van der Waals surface area contributed by atoms with E-state index >= 15 is 0 Å². The van der Waals surface area contributed by atoms with Crippen LogP contribution in [0.3, 0.4) is 0 Å². The number of rotatable bonds is 6. The summed E-state index contributed by atoms with van der Waals surface area (Å²) in [5.41, 5.74) is 0. The zero-order chi connectivity index (χ0) is 12.0. The number of ether oxygens (including phenoxy) is 1. The number of aliphatic hydroxyl groups excluding tert-OH is 1. The highest BCUT2D eigenvalue weighted by Crippen LogP contribution is 2.26. The van der Waals surface area contributed by atoms with Gasteiger partial charge in [0.25, 0.3) is 5.92 Å². The lowest BCUT2D eigenvalue weighted by molar-refractivity contribution is -0.122. The lowest BCUT2D eigenvalue weighted by Gasteiger charge is -2.22. The fourth-order valence-corrected chi connectivity index (χ4v) is 2.07. The van der Waals surface area contributed by atoms with Gasteiger partial charge in [-0.15, -0.1) is 0 Å². The largest absolute Gasteiger partial charge is 0.384 e. The standard InChI is InChI=1S/C12H22F2O2/c1-12(13,14)11(15)9-16-8-7-10-5-3-2-4-6-10/h10-11,15H,2-9H2,1H3. The highest BCUT2D eigenvalue weighted by atomic mass is 19.3. The number of hydrogen-bond donors (Lipinski definition) is 1. The van der Waals surface area contributed by atoms with Gasteiger partial charge in [-0.25, -0.2) is 8.78 Å². The third-order valence-electron chi connectivity index (χ3n) is 3.26. The number of alkyl halides is 2. The zero-order valence-corrected chi connectivity index (χ0v) is 9.92.